The van der Waals surface area contributed by atoms with Crippen LogP contribution in [0.15, 0.2) is 35.0 Å². The molecule has 0 saturated carbocycles. The van der Waals surface area contributed by atoms with Crippen molar-refractivity contribution in [3.05, 3.63) is 36.3 Å². The Morgan fingerprint density at radius 2 is 2.32 bits per heavy atom. The van der Waals surface area contributed by atoms with Gasteiger partial charge in [-0.25, -0.2) is 0 Å². The van der Waals surface area contributed by atoms with Crippen LogP contribution >= 0.6 is 0 Å². The highest BCUT2D eigenvalue weighted by atomic mass is 16.5. The molecule has 1 saturated heterocycles. The van der Waals surface area contributed by atoms with Crippen LogP contribution in [0.3, 0.4) is 0 Å². The zero-order chi connectivity index (χ0) is 15.4. The van der Waals surface area contributed by atoms with Crippen LogP contribution in [0.25, 0.3) is 0 Å². The summed E-state index contributed by atoms with van der Waals surface area (Å²) in [5.41, 5.74) is 0. The normalized spacial score (nSPS) is 24.7. The van der Waals surface area contributed by atoms with Gasteiger partial charge in [0.1, 0.15) is 5.76 Å². The number of hydrogen-bond donors (Lipinski definition) is 0. The van der Waals surface area contributed by atoms with Crippen LogP contribution in [0.1, 0.15) is 31.4 Å². The number of furan rings is 1. The SMILES string of the molecule is O=C(OCC1CC=CCC1)C1CC(=O)N(Cc2ccco2)C1. The molecule has 1 aromatic heterocycles. The Hall–Kier alpha value is -2.04. The molecule has 1 aliphatic heterocycles. The van der Waals surface area contributed by atoms with Gasteiger partial charge in [0.25, 0.3) is 0 Å². The number of nitrogens with zero attached hydrogens (tertiary/aromatic N) is 1. The topological polar surface area (TPSA) is 59.8 Å². The summed E-state index contributed by atoms with van der Waals surface area (Å²) in [5.74, 6) is 0.548. The lowest BCUT2D eigenvalue weighted by Crippen LogP contribution is -2.27. The van der Waals surface area contributed by atoms with E-state index in [1.165, 1.54) is 0 Å². The highest BCUT2D eigenvalue weighted by Crippen LogP contribution is 2.23. The number of rotatable bonds is 5. The van der Waals surface area contributed by atoms with Gasteiger partial charge in [-0.05, 0) is 37.3 Å². The highest BCUT2D eigenvalue weighted by Gasteiger charge is 2.35. The van der Waals surface area contributed by atoms with Crippen LogP contribution in [-0.2, 0) is 20.9 Å². The third kappa shape index (κ3) is 3.59. The number of amides is 1. The summed E-state index contributed by atoms with van der Waals surface area (Å²) in [4.78, 5) is 25.8. The molecule has 0 bridgehead atoms. The van der Waals surface area contributed by atoms with Crippen molar-refractivity contribution < 1.29 is 18.7 Å². The predicted molar refractivity (Wildman–Crippen MR) is 79.7 cm³/mol. The van der Waals surface area contributed by atoms with E-state index in [0.717, 1.165) is 25.0 Å². The van der Waals surface area contributed by atoms with Crippen LogP contribution in [0.2, 0.25) is 0 Å². The van der Waals surface area contributed by atoms with Gasteiger partial charge in [-0.3, -0.25) is 9.59 Å². The maximum atomic E-state index is 12.1. The third-order valence-corrected chi connectivity index (χ3v) is 4.31. The number of carbonyl (C=O) groups is 2. The van der Waals surface area contributed by atoms with Crippen molar-refractivity contribution in [2.24, 2.45) is 11.8 Å². The standard InChI is InChI=1S/C17H21NO4/c19-16-9-14(10-18(16)11-15-7-4-8-21-15)17(20)22-12-13-5-2-1-3-6-13/h1-2,4,7-8,13-14H,3,5-6,9-12H2. The molecule has 1 aromatic rings. The minimum absolute atomic E-state index is 0.0149. The number of carbonyl (C=O) groups excluding carboxylic acids is 2. The maximum absolute atomic E-state index is 12.1. The van der Waals surface area contributed by atoms with Crippen molar-refractivity contribution >= 4 is 11.9 Å². The third-order valence-electron chi connectivity index (χ3n) is 4.31. The van der Waals surface area contributed by atoms with Gasteiger partial charge in [0.15, 0.2) is 0 Å². The molecule has 5 nitrogen and oxygen atoms in total. The van der Waals surface area contributed by atoms with Gasteiger partial charge in [0.05, 0.1) is 25.3 Å². The molecule has 0 radical (unpaired) electrons. The van der Waals surface area contributed by atoms with E-state index in [2.05, 4.69) is 12.2 Å². The molecule has 2 unspecified atom stereocenters. The monoisotopic (exact) mass is 303 g/mol. The van der Waals surface area contributed by atoms with E-state index in [9.17, 15) is 9.59 Å². The first-order chi connectivity index (χ1) is 10.7. The van der Waals surface area contributed by atoms with E-state index in [1.807, 2.05) is 6.07 Å². The van der Waals surface area contributed by atoms with Crippen LogP contribution in [0.4, 0.5) is 0 Å². The van der Waals surface area contributed by atoms with E-state index in [1.54, 1.807) is 17.2 Å². The van der Waals surface area contributed by atoms with Crippen molar-refractivity contribution in [1.82, 2.24) is 4.90 Å². The first kappa shape index (κ1) is 14.9. The first-order valence-electron chi connectivity index (χ1n) is 7.84. The van der Waals surface area contributed by atoms with Crippen molar-refractivity contribution in [3.8, 4) is 0 Å². The summed E-state index contributed by atoms with van der Waals surface area (Å²) in [6.07, 6.45) is 9.23. The van der Waals surface area contributed by atoms with Gasteiger partial charge in [-0.2, -0.15) is 0 Å². The molecule has 118 valence electrons. The predicted octanol–water partition coefficient (Wildman–Crippen LogP) is 2.53. The van der Waals surface area contributed by atoms with E-state index in [4.69, 9.17) is 9.15 Å². The Morgan fingerprint density at radius 1 is 1.41 bits per heavy atom. The van der Waals surface area contributed by atoms with Gasteiger partial charge < -0.3 is 14.1 Å². The minimum atomic E-state index is -0.346. The van der Waals surface area contributed by atoms with Gasteiger partial charge >= 0.3 is 5.97 Å². The molecule has 0 aromatic carbocycles. The minimum Gasteiger partial charge on any atom is -0.467 e. The Bertz CT molecular complexity index is 549. The first-order valence-corrected chi connectivity index (χ1v) is 7.84. The highest BCUT2D eigenvalue weighted by molar-refractivity contribution is 5.86. The summed E-state index contributed by atoms with van der Waals surface area (Å²) < 4.78 is 10.7. The Labute approximate surface area is 129 Å². The molecule has 0 N–H and O–H groups in total. The second-order valence-electron chi connectivity index (χ2n) is 6.04. The maximum Gasteiger partial charge on any atom is 0.311 e. The van der Waals surface area contributed by atoms with Crippen LogP contribution in [0.5, 0.6) is 0 Å². The fourth-order valence-electron chi connectivity index (χ4n) is 3.00. The van der Waals surface area contributed by atoms with Crippen molar-refractivity contribution in [3.63, 3.8) is 0 Å². The number of likely N-dealkylation sites (tertiary alicyclic amines) is 1. The molecular formula is C17H21NO4. The lowest BCUT2D eigenvalue weighted by atomic mass is 9.95. The smallest absolute Gasteiger partial charge is 0.311 e. The summed E-state index contributed by atoms with van der Waals surface area (Å²) in [6, 6.07) is 3.62. The Morgan fingerprint density at radius 3 is 3.05 bits per heavy atom. The van der Waals surface area contributed by atoms with Crippen molar-refractivity contribution in [2.75, 3.05) is 13.2 Å². The van der Waals surface area contributed by atoms with Crippen molar-refractivity contribution in [1.29, 1.82) is 0 Å². The van der Waals surface area contributed by atoms with E-state index < -0.39 is 0 Å². The number of allylic oxidation sites excluding steroid dienone is 2. The van der Waals surface area contributed by atoms with Gasteiger partial charge in [0, 0.05) is 13.0 Å². The second-order valence-corrected chi connectivity index (χ2v) is 6.04. The number of esters is 1. The van der Waals surface area contributed by atoms with Crippen LogP contribution < -0.4 is 0 Å². The van der Waals surface area contributed by atoms with Crippen LogP contribution in [0, 0.1) is 11.8 Å². The summed E-state index contributed by atoms with van der Waals surface area (Å²) >= 11 is 0. The van der Waals surface area contributed by atoms with E-state index >= 15 is 0 Å². The molecule has 3 rings (SSSR count). The Kier molecular flexibility index (Phi) is 4.61. The average Bonchev–Trinajstić information content (AvgIpc) is 3.17. The molecule has 22 heavy (non-hydrogen) atoms. The Balaban J connectivity index is 1.47. The molecule has 5 heteroatoms. The fraction of sp³-hybridized carbons (Fsp3) is 0.529. The molecular weight excluding hydrogens is 282 g/mol. The van der Waals surface area contributed by atoms with Gasteiger partial charge in [-0.1, -0.05) is 12.2 Å². The molecule has 2 aliphatic rings. The zero-order valence-corrected chi connectivity index (χ0v) is 12.6. The zero-order valence-electron chi connectivity index (χ0n) is 12.6. The molecule has 1 fully saturated rings. The summed E-state index contributed by atoms with van der Waals surface area (Å²) in [5, 5.41) is 0. The van der Waals surface area contributed by atoms with Gasteiger partial charge in [0.2, 0.25) is 5.91 Å². The lowest BCUT2D eigenvalue weighted by molar-refractivity contribution is -0.149. The number of ether oxygens (including phenoxy) is 1. The molecule has 1 amide bonds. The van der Waals surface area contributed by atoms with E-state index in [-0.39, 0.29) is 24.2 Å². The molecule has 0 spiro atoms. The number of hydrogen-bond acceptors (Lipinski definition) is 4. The quantitative estimate of drug-likeness (QED) is 0.619. The average molecular weight is 303 g/mol. The molecule has 2 heterocycles. The largest absolute Gasteiger partial charge is 0.467 e. The van der Waals surface area contributed by atoms with Gasteiger partial charge in [-0.15, -0.1) is 0 Å². The van der Waals surface area contributed by atoms with Crippen LogP contribution in [-0.4, -0.2) is 29.9 Å². The van der Waals surface area contributed by atoms with Crippen molar-refractivity contribution in [2.45, 2.75) is 32.2 Å². The fourth-order valence-corrected chi connectivity index (χ4v) is 3.00. The summed E-state index contributed by atoms with van der Waals surface area (Å²) in [6.45, 7) is 1.30. The second kappa shape index (κ2) is 6.81. The van der Waals surface area contributed by atoms with E-state index in [0.29, 0.717) is 25.6 Å². The molecule has 2 atom stereocenters. The summed E-state index contributed by atoms with van der Waals surface area (Å²) in [7, 11) is 0. The molecule has 1 aliphatic carbocycles. The lowest BCUT2D eigenvalue weighted by Gasteiger charge is -2.19.